The highest BCUT2D eigenvalue weighted by Crippen LogP contribution is 2.93. The third-order valence-electron chi connectivity index (χ3n) is 5.96. The Morgan fingerprint density at radius 3 is 1.93 bits per heavy atom. The van der Waals surface area contributed by atoms with E-state index in [9.17, 15) is 0 Å². The molecule has 3 aliphatic heterocycles. The van der Waals surface area contributed by atoms with Crippen molar-refractivity contribution in [3.8, 4) is 0 Å². The first-order valence-corrected chi connectivity index (χ1v) is 6.31. The first-order valence-electron chi connectivity index (χ1n) is 6.31. The van der Waals surface area contributed by atoms with Gasteiger partial charge in [-0.1, -0.05) is 75.0 Å². The smallest absolute Gasteiger partial charge is 0.0759 e. The maximum absolute atomic E-state index is 2.70. The fourth-order valence-corrected chi connectivity index (χ4v) is 5.41. The molecular weight excluding hydrogens is 166 g/mol. The second kappa shape index (κ2) is 2.28. The minimum atomic E-state index is 0.664. The third-order valence-corrected chi connectivity index (χ3v) is 5.96. The quantitative estimate of drug-likeness (QED) is 0.576. The van der Waals surface area contributed by atoms with Gasteiger partial charge in [-0.2, -0.15) is 0 Å². The molecule has 0 aromatic rings. The molecular formula is C12H21B2. The van der Waals surface area contributed by atoms with E-state index in [1.165, 1.54) is 25.7 Å². The van der Waals surface area contributed by atoms with Crippen molar-refractivity contribution in [2.45, 2.75) is 75.0 Å². The first-order chi connectivity index (χ1) is 6.45. The van der Waals surface area contributed by atoms with Crippen LogP contribution in [0.5, 0.6) is 0 Å². The summed E-state index contributed by atoms with van der Waals surface area (Å²) < 4.78 is 0. The van der Waals surface area contributed by atoms with Crippen LogP contribution in [0.25, 0.3) is 0 Å². The average Bonchev–Trinajstić information content (AvgIpc) is 2.38. The molecule has 3 heterocycles. The van der Waals surface area contributed by atoms with Crippen LogP contribution in [0.4, 0.5) is 0 Å². The summed E-state index contributed by atoms with van der Waals surface area (Å²) in [5.41, 5.74) is 0. The van der Waals surface area contributed by atoms with Crippen molar-refractivity contribution in [1.82, 2.24) is 0 Å². The predicted octanol–water partition coefficient (Wildman–Crippen LogP) is 3.83. The van der Waals surface area contributed by atoms with Gasteiger partial charge in [-0.3, -0.25) is 0 Å². The molecule has 3 fully saturated rings. The summed E-state index contributed by atoms with van der Waals surface area (Å²) >= 11 is 0. The maximum atomic E-state index is 2.70. The van der Waals surface area contributed by atoms with Crippen molar-refractivity contribution >= 4 is 14.0 Å². The molecule has 0 N–H and O–H groups in total. The molecule has 2 unspecified atom stereocenters. The Balaban J connectivity index is 1.91. The largest absolute Gasteiger partial charge is 0.150 e. The van der Waals surface area contributed by atoms with Gasteiger partial charge in [0.25, 0.3) is 0 Å². The molecule has 1 radical (unpaired) electrons. The van der Waals surface area contributed by atoms with Crippen LogP contribution in [0.2, 0.25) is 21.7 Å². The summed E-state index contributed by atoms with van der Waals surface area (Å²) in [7, 11) is 2.70. The molecule has 0 bridgehead atoms. The fraction of sp³-hybridized carbons (Fsp3) is 1.00. The highest BCUT2D eigenvalue weighted by Gasteiger charge is 2.84. The van der Waals surface area contributed by atoms with E-state index in [2.05, 4.69) is 35.0 Å². The zero-order valence-electron chi connectivity index (χ0n) is 10.1. The molecule has 0 aliphatic carbocycles. The summed E-state index contributed by atoms with van der Waals surface area (Å²) in [6, 6.07) is 0. The van der Waals surface area contributed by atoms with Crippen molar-refractivity contribution in [1.29, 1.82) is 0 Å². The van der Waals surface area contributed by atoms with Crippen LogP contribution in [0.15, 0.2) is 0 Å². The van der Waals surface area contributed by atoms with E-state index in [1.807, 2.05) is 0 Å². The van der Waals surface area contributed by atoms with E-state index < -0.39 is 0 Å². The van der Waals surface area contributed by atoms with Crippen LogP contribution >= 0.6 is 0 Å². The van der Waals surface area contributed by atoms with E-state index >= 15 is 0 Å². The second-order valence-corrected chi connectivity index (χ2v) is 6.91. The Bertz CT molecular complexity index is 266. The van der Waals surface area contributed by atoms with Crippen molar-refractivity contribution < 1.29 is 0 Å². The number of fused-ring (bicyclic) bond motifs is 1. The fourth-order valence-electron chi connectivity index (χ4n) is 5.41. The van der Waals surface area contributed by atoms with Crippen LogP contribution in [-0.2, 0) is 0 Å². The van der Waals surface area contributed by atoms with Gasteiger partial charge in [-0.05, 0) is 0 Å². The van der Waals surface area contributed by atoms with Gasteiger partial charge >= 0.3 is 0 Å². The van der Waals surface area contributed by atoms with Crippen LogP contribution in [0, 0.1) is 0 Å². The molecule has 3 rings (SSSR count). The average molecular weight is 187 g/mol. The molecule has 0 amide bonds. The second-order valence-electron chi connectivity index (χ2n) is 6.91. The van der Waals surface area contributed by atoms with Crippen LogP contribution < -0.4 is 0 Å². The van der Waals surface area contributed by atoms with Gasteiger partial charge in [-0.25, -0.2) is 0 Å². The lowest BCUT2D eigenvalue weighted by atomic mass is 9.27. The van der Waals surface area contributed by atoms with E-state index in [0.717, 1.165) is 23.2 Å². The molecule has 3 aliphatic rings. The standard InChI is InChI=1S/C12H21B2/c1-9(2)13-12-7-5-10(3)11(4,6-8-12)14(10)12/h9H,5-8H2,1-4H3. The van der Waals surface area contributed by atoms with E-state index in [0.29, 0.717) is 5.21 Å². The maximum Gasteiger partial charge on any atom is 0.150 e. The molecule has 14 heavy (non-hydrogen) atoms. The lowest BCUT2D eigenvalue weighted by Gasteiger charge is -2.27. The van der Waals surface area contributed by atoms with Crippen LogP contribution in [0.3, 0.4) is 0 Å². The minimum absolute atomic E-state index is 0.664. The summed E-state index contributed by atoms with van der Waals surface area (Å²) in [4.78, 5) is 0. The van der Waals surface area contributed by atoms with E-state index in [4.69, 9.17) is 0 Å². The Hall–Kier alpha value is 0.130. The van der Waals surface area contributed by atoms with Crippen molar-refractivity contribution in [3.63, 3.8) is 0 Å². The lowest BCUT2D eigenvalue weighted by molar-refractivity contribution is 0.517. The molecule has 0 nitrogen and oxygen atoms in total. The van der Waals surface area contributed by atoms with Gasteiger partial charge in [0.2, 0.25) is 0 Å². The van der Waals surface area contributed by atoms with Crippen LogP contribution in [-0.4, -0.2) is 14.0 Å². The van der Waals surface area contributed by atoms with Gasteiger partial charge in [0.1, 0.15) is 7.28 Å². The lowest BCUT2D eigenvalue weighted by Crippen LogP contribution is -2.26. The molecule has 2 heteroatoms. The Morgan fingerprint density at radius 1 is 1.00 bits per heavy atom. The zero-order chi connectivity index (χ0) is 10.2. The predicted molar refractivity (Wildman–Crippen MR) is 64.5 cm³/mol. The first kappa shape index (κ1) is 9.36. The van der Waals surface area contributed by atoms with Crippen molar-refractivity contribution in [3.05, 3.63) is 0 Å². The van der Waals surface area contributed by atoms with Crippen molar-refractivity contribution in [2.75, 3.05) is 0 Å². The topological polar surface area (TPSA) is 0 Å². The van der Waals surface area contributed by atoms with Crippen molar-refractivity contribution in [2.24, 2.45) is 0 Å². The number of hydrogen-bond donors (Lipinski definition) is 0. The Kier molecular flexibility index (Phi) is 1.52. The summed E-state index contributed by atoms with van der Waals surface area (Å²) in [5, 5.41) is 2.13. The zero-order valence-corrected chi connectivity index (χ0v) is 10.1. The van der Waals surface area contributed by atoms with Gasteiger partial charge in [0, 0.05) is 0 Å². The summed E-state index contributed by atoms with van der Waals surface area (Å²) in [6.07, 6.45) is 5.97. The molecule has 75 valence electrons. The molecule has 0 saturated carbocycles. The van der Waals surface area contributed by atoms with E-state index in [-0.39, 0.29) is 0 Å². The number of rotatable bonds is 2. The molecule has 0 spiro atoms. The Morgan fingerprint density at radius 2 is 1.50 bits per heavy atom. The highest BCUT2D eigenvalue weighted by atomic mass is 14.7. The van der Waals surface area contributed by atoms with Gasteiger partial charge < -0.3 is 0 Å². The summed E-state index contributed by atoms with van der Waals surface area (Å²) in [6.45, 7) is 10.8. The van der Waals surface area contributed by atoms with Crippen LogP contribution in [0.1, 0.15) is 53.4 Å². The monoisotopic (exact) mass is 187 g/mol. The van der Waals surface area contributed by atoms with Gasteiger partial charge in [0.05, 0.1) is 0 Å². The minimum Gasteiger partial charge on any atom is -0.0759 e. The third kappa shape index (κ3) is 0.772. The molecule has 0 aromatic carbocycles. The Labute approximate surface area is 89.5 Å². The molecule has 2 atom stereocenters. The SMILES string of the molecule is CC(C)[B]C12CCC3(C)B1C3(C)CC2. The highest BCUT2D eigenvalue weighted by molar-refractivity contribution is 6.90. The van der Waals surface area contributed by atoms with Gasteiger partial charge in [-0.15, -0.1) is 0 Å². The van der Waals surface area contributed by atoms with Gasteiger partial charge in [0.15, 0.2) is 6.71 Å². The molecule has 3 saturated heterocycles. The van der Waals surface area contributed by atoms with E-state index in [1.54, 1.807) is 0 Å². The molecule has 0 aromatic heterocycles. The number of hydrogen-bond acceptors (Lipinski definition) is 0. The normalized spacial score (nSPS) is 53.9. The summed E-state index contributed by atoms with van der Waals surface area (Å²) in [5.74, 6) is 0.778.